The van der Waals surface area contributed by atoms with Gasteiger partial charge in [-0.15, -0.1) is 0 Å². The summed E-state index contributed by atoms with van der Waals surface area (Å²) >= 11 is 0. The van der Waals surface area contributed by atoms with Crippen LogP contribution in [0.5, 0.6) is 11.5 Å². The summed E-state index contributed by atoms with van der Waals surface area (Å²) in [6.45, 7) is 8.05. The van der Waals surface area contributed by atoms with Gasteiger partial charge in [0.25, 0.3) is 15.9 Å². The van der Waals surface area contributed by atoms with E-state index >= 15 is 0 Å². The molecule has 3 rings (SSSR count). The Morgan fingerprint density at radius 1 is 0.879 bits per heavy atom. The highest BCUT2D eigenvalue weighted by molar-refractivity contribution is 7.92. The van der Waals surface area contributed by atoms with Crippen molar-refractivity contribution in [2.24, 2.45) is 0 Å². The number of benzene rings is 3. The van der Waals surface area contributed by atoms with E-state index in [4.69, 9.17) is 9.47 Å². The third-order valence-electron chi connectivity index (χ3n) is 5.01. The second-order valence-electron chi connectivity index (χ2n) is 7.58. The Hall–Kier alpha value is -3.52. The molecular weight excluding hydrogens is 440 g/mol. The zero-order valence-corrected chi connectivity index (χ0v) is 19.9. The van der Waals surface area contributed by atoms with Crippen LogP contribution in [0.1, 0.15) is 25.0 Å². The summed E-state index contributed by atoms with van der Waals surface area (Å²) in [6.07, 6.45) is -0.725. The molecule has 7 nitrogen and oxygen atoms in total. The minimum Gasteiger partial charge on any atom is -0.494 e. The Balaban J connectivity index is 1.61. The van der Waals surface area contributed by atoms with Crippen LogP contribution in [0.25, 0.3) is 0 Å². The van der Waals surface area contributed by atoms with E-state index in [1.807, 2.05) is 39.0 Å². The van der Waals surface area contributed by atoms with E-state index in [0.717, 1.165) is 11.1 Å². The molecule has 2 N–H and O–H groups in total. The maximum absolute atomic E-state index is 12.7. The smallest absolute Gasteiger partial charge is 0.265 e. The van der Waals surface area contributed by atoms with Crippen molar-refractivity contribution in [2.45, 2.75) is 38.7 Å². The van der Waals surface area contributed by atoms with Crippen molar-refractivity contribution < 1.29 is 22.7 Å². The lowest BCUT2D eigenvalue weighted by Crippen LogP contribution is -2.30. The van der Waals surface area contributed by atoms with Gasteiger partial charge in [-0.1, -0.05) is 6.07 Å². The maximum atomic E-state index is 12.7. The number of sulfonamides is 1. The van der Waals surface area contributed by atoms with Crippen LogP contribution < -0.4 is 19.5 Å². The number of carbonyl (C=O) groups is 1. The second-order valence-corrected chi connectivity index (χ2v) is 9.27. The Morgan fingerprint density at radius 2 is 1.48 bits per heavy atom. The zero-order chi connectivity index (χ0) is 24.0. The van der Waals surface area contributed by atoms with Gasteiger partial charge in [0.15, 0.2) is 6.10 Å². The van der Waals surface area contributed by atoms with Crippen LogP contribution >= 0.6 is 0 Å². The van der Waals surface area contributed by atoms with Crippen LogP contribution in [0.4, 0.5) is 11.4 Å². The molecule has 3 aromatic carbocycles. The number of amides is 1. The quantitative estimate of drug-likeness (QED) is 0.465. The first-order valence-corrected chi connectivity index (χ1v) is 12.1. The average Bonchev–Trinajstić information content (AvgIpc) is 2.78. The largest absolute Gasteiger partial charge is 0.494 e. The minimum absolute atomic E-state index is 0.0776. The Labute approximate surface area is 194 Å². The van der Waals surface area contributed by atoms with Crippen LogP contribution in [-0.4, -0.2) is 27.0 Å². The van der Waals surface area contributed by atoms with Crippen molar-refractivity contribution in [3.05, 3.63) is 77.9 Å². The van der Waals surface area contributed by atoms with E-state index < -0.39 is 16.1 Å². The molecule has 8 heteroatoms. The van der Waals surface area contributed by atoms with Crippen LogP contribution in [0.15, 0.2) is 71.6 Å². The first-order chi connectivity index (χ1) is 15.7. The summed E-state index contributed by atoms with van der Waals surface area (Å²) < 4.78 is 38.9. The summed E-state index contributed by atoms with van der Waals surface area (Å²) in [7, 11) is -3.78. The van der Waals surface area contributed by atoms with Crippen molar-refractivity contribution in [2.75, 3.05) is 16.6 Å². The SMILES string of the molecule is CCOc1ccc(NS(=O)(=O)c2ccc(NC(=O)C(C)Oc3ccc(C)c(C)c3)cc2)cc1. The number of nitrogens with one attached hydrogen (secondary N) is 2. The highest BCUT2D eigenvalue weighted by Crippen LogP contribution is 2.22. The Bertz CT molecular complexity index is 1210. The fourth-order valence-electron chi connectivity index (χ4n) is 3.01. The summed E-state index contributed by atoms with van der Waals surface area (Å²) in [5.74, 6) is 0.940. The molecule has 0 aliphatic heterocycles. The summed E-state index contributed by atoms with van der Waals surface area (Å²) in [5, 5.41) is 2.74. The number of hydrogen-bond acceptors (Lipinski definition) is 5. The van der Waals surface area contributed by atoms with E-state index in [0.29, 0.717) is 29.5 Å². The Kier molecular flexibility index (Phi) is 7.60. The molecule has 0 aliphatic rings. The van der Waals surface area contributed by atoms with Gasteiger partial charge in [0, 0.05) is 11.4 Å². The van der Waals surface area contributed by atoms with Gasteiger partial charge in [-0.3, -0.25) is 9.52 Å². The highest BCUT2D eigenvalue weighted by Gasteiger charge is 2.17. The van der Waals surface area contributed by atoms with Crippen LogP contribution in [-0.2, 0) is 14.8 Å². The lowest BCUT2D eigenvalue weighted by Gasteiger charge is -2.16. The van der Waals surface area contributed by atoms with Crippen LogP contribution in [0, 0.1) is 13.8 Å². The van der Waals surface area contributed by atoms with E-state index in [1.54, 1.807) is 31.2 Å². The average molecular weight is 469 g/mol. The van der Waals surface area contributed by atoms with Crippen LogP contribution in [0.3, 0.4) is 0 Å². The van der Waals surface area contributed by atoms with Crippen molar-refractivity contribution in [3.63, 3.8) is 0 Å². The van der Waals surface area contributed by atoms with Gasteiger partial charge in [0.1, 0.15) is 11.5 Å². The zero-order valence-electron chi connectivity index (χ0n) is 19.1. The number of hydrogen-bond donors (Lipinski definition) is 2. The first kappa shape index (κ1) is 24.1. The van der Waals surface area contributed by atoms with Crippen molar-refractivity contribution in [1.82, 2.24) is 0 Å². The van der Waals surface area contributed by atoms with Gasteiger partial charge < -0.3 is 14.8 Å². The van der Waals surface area contributed by atoms with Gasteiger partial charge in [0.2, 0.25) is 0 Å². The topological polar surface area (TPSA) is 93.7 Å². The van der Waals surface area contributed by atoms with Gasteiger partial charge in [-0.05, 0) is 99.5 Å². The molecular formula is C25H28N2O5S. The molecule has 174 valence electrons. The molecule has 3 aromatic rings. The lowest BCUT2D eigenvalue weighted by molar-refractivity contribution is -0.122. The standard InChI is InChI=1S/C25H28N2O5S/c1-5-31-22-12-7-21(8-13-22)27-33(29,30)24-14-9-20(10-15-24)26-25(28)19(4)32-23-11-6-17(2)18(3)16-23/h6-16,19,27H,5H2,1-4H3,(H,26,28). The molecule has 1 unspecified atom stereocenters. The van der Waals surface area contributed by atoms with Gasteiger partial charge in [0.05, 0.1) is 11.5 Å². The maximum Gasteiger partial charge on any atom is 0.265 e. The molecule has 33 heavy (non-hydrogen) atoms. The Morgan fingerprint density at radius 3 is 2.09 bits per heavy atom. The predicted molar refractivity (Wildman–Crippen MR) is 129 cm³/mol. The van der Waals surface area contributed by atoms with Crippen LogP contribution in [0.2, 0.25) is 0 Å². The molecule has 0 bridgehead atoms. The van der Waals surface area contributed by atoms with Crippen molar-refractivity contribution >= 4 is 27.3 Å². The third-order valence-corrected chi connectivity index (χ3v) is 6.41. The number of rotatable bonds is 9. The number of carbonyl (C=O) groups excluding carboxylic acids is 1. The number of aryl methyl sites for hydroxylation is 2. The molecule has 0 saturated carbocycles. The highest BCUT2D eigenvalue weighted by atomic mass is 32.2. The first-order valence-electron chi connectivity index (χ1n) is 10.6. The summed E-state index contributed by atoms with van der Waals surface area (Å²) in [5.41, 5.74) is 3.12. The van der Waals surface area contributed by atoms with Crippen molar-refractivity contribution in [3.8, 4) is 11.5 Å². The summed E-state index contributed by atoms with van der Waals surface area (Å²) in [4.78, 5) is 12.6. The van der Waals surface area contributed by atoms with E-state index in [2.05, 4.69) is 10.0 Å². The van der Waals surface area contributed by atoms with Crippen molar-refractivity contribution in [1.29, 1.82) is 0 Å². The lowest BCUT2D eigenvalue weighted by atomic mass is 10.1. The number of ether oxygens (including phenoxy) is 2. The van der Waals surface area contributed by atoms with E-state index in [-0.39, 0.29) is 10.8 Å². The monoisotopic (exact) mass is 468 g/mol. The van der Waals surface area contributed by atoms with Gasteiger partial charge in [-0.2, -0.15) is 0 Å². The minimum atomic E-state index is -3.78. The molecule has 0 fully saturated rings. The predicted octanol–water partition coefficient (Wildman–Crippen LogP) is 4.91. The fraction of sp³-hybridized carbons (Fsp3) is 0.240. The summed E-state index contributed by atoms with van der Waals surface area (Å²) in [6, 6.07) is 18.2. The van der Waals surface area contributed by atoms with Gasteiger partial charge in [-0.25, -0.2) is 8.42 Å². The molecule has 0 radical (unpaired) electrons. The fourth-order valence-corrected chi connectivity index (χ4v) is 4.06. The second kappa shape index (κ2) is 10.4. The molecule has 0 heterocycles. The third kappa shape index (κ3) is 6.49. The number of anilines is 2. The van der Waals surface area contributed by atoms with Gasteiger partial charge >= 0.3 is 0 Å². The molecule has 0 spiro atoms. The molecule has 0 saturated heterocycles. The molecule has 0 aliphatic carbocycles. The molecule has 0 aromatic heterocycles. The van der Waals surface area contributed by atoms with E-state index in [9.17, 15) is 13.2 Å². The molecule has 1 amide bonds. The normalized spacial score (nSPS) is 12.0. The van der Waals surface area contributed by atoms with E-state index in [1.165, 1.54) is 24.3 Å². The molecule has 1 atom stereocenters.